The van der Waals surface area contributed by atoms with Gasteiger partial charge < -0.3 is 10.1 Å². The van der Waals surface area contributed by atoms with Crippen molar-refractivity contribution in [2.45, 2.75) is 46.1 Å². The molecule has 1 saturated carbocycles. The molecule has 0 aromatic carbocycles. The van der Waals surface area contributed by atoms with Crippen LogP contribution in [0.5, 0.6) is 5.88 Å². The molecule has 0 spiro atoms. The van der Waals surface area contributed by atoms with Gasteiger partial charge in [-0.1, -0.05) is 13.8 Å². The summed E-state index contributed by atoms with van der Waals surface area (Å²) in [4.78, 5) is 4.26. The minimum atomic E-state index is 0.464. The van der Waals surface area contributed by atoms with Gasteiger partial charge in [-0.25, -0.2) is 4.98 Å². The maximum Gasteiger partial charge on any atom is 0.237 e. The molecule has 3 nitrogen and oxygen atoms in total. The first-order chi connectivity index (χ1) is 8.11. The van der Waals surface area contributed by atoms with E-state index >= 15 is 0 Å². The number of hydrogen-bond donors (Lipinski definition) is 1. The van der Waals surface area contributed by atoms with E-state index < -0.39 is 0 Å². The average molecular weight is 234 g/mol. The molecule has 1 aliphatic carbocycles. The van der Waals surface area contributed by atoms with E-state index in [-0.39, 0.29) is 0 Å². The summed E-state index contributed by atoms with van der Waals surface area (Å²) in [5, 5.41) is 3.56. The molecule has 94 valence electrons. The van der Waals surface area contributed by atoms with Crippen LogP contribution in [-0.4, -0.2) is 17.6 Å². The zero-order chi connectivity index (χ0) is 12.3. The Hall–Kier alpha value is -1.25. The second kappa shape index (κ2) is 4.94. The first-order valence-corrected chi connectivity index (χ1v) is 6.45. The second-order valence-electron chi connectivity index (χ2n) is 5.54. The first kappa shape index (κ1) is 12.2. The molecule has 2 rings (SSSR count). The zero-order valence-corrected chi connectivity index (χ0v) is 11.0. The van der Waals surface area contributed by atoms with Crippen molar-refractivity contribution >= 4 is 5.69 Å². The number of hydrogen-bond acceptors (Lipinski definition) is 3. The van der Waals surface area contributed by atoms with Crippen LogP contribution in [0.3, 0.4) is 0 Å². The van der Waals surface area contributed by atoms with Gasteiger partial charge in [0.25, 0.3) is 0 Å². The molecule has 0 saturated heterocycles. The molecule has 3 heteroatoms. The van der Waals surface area contributed by atoms with Crippen LogP contribution in [-0.2, 0) is 0 Å². The molecule has 1 fully saturated rings. The molecule has 17 heavy (non-hydrogen) atoms. The number of nitrogens with zero attached hydrogens (tertiary/aromatic N) is 1. The maximum atomic E-state index is 5.53. The van der Waals surface area contributed by atoms with Gasteiger partial charge in [0.05, 0.1) is 12.3 Å². The van der Waals surface area contributed by atoms with Crippen molar-refractivity contribution in [2.75, 3.05) is 11.9 Å². The Balaban J connectivity index is 2.03. The van der Waals surface area contributed by atoms with E-state index in [4.69, 9.17) is 4.74 Å². The summed E-state index contributed by atoms with van der Waals surface area (Å²) in [5.41, 5.74) is 1.49. The van der Waals surface area contributed by atoms with Gasteiger partial charge in [0.2, 0.25) is 5.88 Å². The van der Waals surface area contributed by atoms with Crippen molar-refractivity contribution in [1.29, 1.82) is 0 Å². The number of nitrogens with one attached hydrogen (secondary N) is 1. The first-order valence-electron chi connectivity index (χ1n) is 6.45. The minimum Gasteiger partial charge on any atom is -0.476 e. The Kier molecular flexibility index (Phi) is 3.55. The Bertz CT molecular complexity index is 376. The lowest BCUT2D eigenvalue weighted by atomic mass is 9.92. The van der Waals surface area contributed by atoms with Gasteiger partial charge in [-0.15, -0.1) is 0 Å². The molecule has 0 bridgehead atoms. The van der Waals surface area contributed by atoms with Crippen molar-refractivity contribution < 1.29 is 4.74 Å². The molecule has 1 N–H and O–H groups in total. The molecule has 1 aromatic rings. The SMILES string of the molecule is CCOc1ncccc1NC1CCC(C)(C)C1. The third-order valence-electron chi connectivity index (χ3n) is 3.38. The maximum absolute atomic E-state index is 5.53. The summed E-state index contributed by atoms with van der Waals surface area (Å²) < 4.78 is 5.53. The third-order valence-corrected chi connectivity index (χ3v) is 3.38. The fourth-order valence-corrected chi connectivity index (χ4v) is 2.53. The fourth-order valence-electron chi connectivity index (χ4n) is 2.53. The van der Waals surface area contributed by atoms with Gasteiger partial charge in [0, 0.05) is 12.2 Å². The van der Waals surface area contributed by atoms with Gasteiger partial charge in [-0.05, 0) is 43.7 Å². The summed E-state index contributed by atoms with van der Waals surface area (Å²) in [5.74, 6) is 0.722. The van der Waals surface area contributed by atoms with Crippen molar-refractivity contribution in [1.82, 2.24) is 4.98 Å². The van der Waals surface area contributed by atoms with Crippen LogP contribution in [0.1, 0.15) is 40.0 Å². The van der Waals surface area contributed by atoms with Crippen LogP contribution in [0.15, 0.2) is 18.3 Å². The fraction of sp³-hybridized carbons (Fsp3) is 0.643. The lowest BCUT2D eigenvalue weighted by Gasteiger charge is -2.19. The summed E-state index contributed by atoms with van der Waals surface area (Å²) in [7, 11) is 0. The number of pyridine rings is 1. The van der Waals surface area contributed by atoms with E-state index in [0.29, 0.717) is 18.1 Å². The molecular weight excluding hydrogens is 212 g/mol. The predicted molar refractivity (Wildman–Crippen MR) is 70.4 cm³/mol. The Morgan fingerprint density at radius 2 is 2.35 bits per heavy atom. The van der Waals surface area contributed by atoms with Gasteiger partial charge >= 0.3 is 0 Å². The van der Waals surface area contributed by atoms with Crippen LogP contribution >= 0.6 is 0 Å². The molecule has 0 radical (unpaired) electrons. The second-order valence-corrected chi connectivity index (χ2v) is 5.54. The molecule has 1 atom stereocenters. The summed E-state index contributed by atoms with van der Waals surface area (Å²) >= 11 is 0. The van der Waals surface area contributed by atoms with Gasteiger partial charge in [-0.2, -0.15) is 0 Å². The van der Waals surface area contributed by atoms with E-state index in [2.05, 4.69) is 24.1 Å². The van der Waals surface area contributed by atoms with E-state index in [1.54, 1.807) is 6.20 Å². The minimum absolute atomic E-state index is 0.464. The van der Waals surface area contributed by atoms with E-state index in [1.165, 1.54) is 19.3 Å². The lowest BCUT2D eigenvalue weighted by Crippen LogP contribution is -2.18. The third kappa shape index (κ3) is 3.11. The topological polar surface area (TPSA) is 34.1 Å². The lowest BCUT2D eigenvalue weighted by molar-refractivity contribution is 0.328. The number of rotatable bonds is 4. The van der Waals surface area contributed by atoms with Crippen LogP contribution in [0, 0.1) is 5.41 Å². The van der Waals surface area contributed by atoms with Crippen LogP contribution in [0.4, 0.5) is 5.69 Å². The number of ether oxygens (including phenoxy) is 1. The summed E-state index contributed by atoms with van der Waals surface area (Å²) in [6.07, 6.45) is 5.50. The highest BCUT2D eigenvalue weighted by Crippen LogP contribution is 2.39. The number of aromatic nitrogens is 1. The molecular formula is C14H22N2O. The van der Waals surface area contributed by atoms with Crippen molar-refractivity contribution in [3.63, 3.8) is 0 Å². The molecule has 1 unspecified atom stereocenters. The van der Waals surface area contributed by atoms with Crippen molar-refractivity contribution in [3.8, 4) is 5.88 Å². The summed E-state index contributed by atoms with van der Waals surface area (Å²) in [6, 6.07) is 4.54. The monoisotopic (exact) mass is 234 g/mol. The highest BCUT2D eigenvalue weighted by atomic mass is 16.5. The van der Waals surface area contributed by atoms with Crippen LogP contribution < -0.4 is 10.1 Å². The smallest absolute Gasteiger partial charge is 0.237 e. The van der Waals surface area contributed by atoms with Crippen LogP contribution in [0.25, 0.3) is 0 Å². The Morgan fingerprint density at radius 1 is 1.53 bits per heavy atom. The van der Waals surface area contributed by atoms with Gasteiger partial charge in [-0.3, -0.25) is 0 Å². The largest absolute Gasteiger partial charge is 0.476 e. The van der Waals surface area contributed by atoms with E-state index in [0.717, 1.165) is 11.6 Å². The van der Waals surface area contributed by atoms with E-state index in [9.17, 15) is 0 Å². The van der Waals surface area contributed by atoms with Gasteiger partial charge in [0.1, 0.15) is 0 Å². The Morgan fingerprint density at radius 3 is 3.00 bits per heavy atom. The van der Waals surface area contributed by atoms with E-state index in [1.807, 2.05) is 19.1 Å². The number of anilines is 1. The van der Waals surface area contributed by atoms with Gasteiger partial charge in [0.15, 0.2) is 0 Å². The Labute approximate surface area is 104 Å². The molecule has 1 aliphatic rings. The normalized spacial score (nSPS) is 22.4. The average Bonchev–Trinajstić information content (AvgIpc) is 2.61. The zero-order valence-electron chi connectivity index (χ0n) is 11.0. The predicted octanol–water partition coefficient (Wildman–Crippen LogP) is 3.47. The molecule has 0 aliphatic heterocycles. The highest BCUT2D eigenvalue weighted by Gasteiger charge is 2.31. The van der Waals surface area contributed by atoms with Crippen molar-refractivity contribution in [2.24, 2.45) is 5.41 Å². The van der Waals surface area contributed by atoms with Crippen LogP contribution in [0.2, 0.25) is 0 Å². The standard InChI is InChI=1S/C14H22N2O/c1-4-17-13-12(6-5-9-15-13)16-11-7-8-14(2,3)10-11/h5-6,9,11,16H,4,7-8,10H2,1-3H3. The molecule has 1 aromatic heterocycles. The summed E-state index contributed by atoms with van der Waals surface area (Å²) in [6.45, 7) is 7.31. The van der Waals surface area contributed by atoms with Crippen molar-refractivity contribution in [3.05, 3.63) is 18.3 Å². The molecule has 0 amide bonds. The quantitative estimate of drug-likeness (QED) is 0.866. The molecule has 1 heterocycles. The highest BCUT2D eigenvalue weighted by molar-refractivity contribution is 5.52.